The van der Waals surface area contributed by atoms with E-state index < -0.39 is 0 Å². The predicted octanol–water partition coefficient (Wildman–Crippen LogP) is 5.12. The Labute approximate surface area is 131 Å². The Kier molecular flexibility index (Phi) is 3.83. The SMILES string of the molecule is CSc1ccc(-c2nc(Cl)c3cc(C)c(F)cc3n2)cc1. The third kappa shape index (κ3) is 2.74. The average molecular weight is 319 g/mol. The highest BCUT2D eigenvalue weighted by atomic mass is 35.5. The molecule has 0 aliphatic carbocycles. The number of benzene rings is 2. The van der Waals surface area contributed by atoms with E-state index in [2.05, 4.69) is 9.97 Å². The molecule has 3 rings (SSSR count). The van der Waals surface area contributed by atoms with Crippen molar-refractivity contribution in [3.8, 4) is 11.4 Å². The normalized spacial score (nSPS) is 11.0. The Balaban J connectivity index is 2.17. The molecular weight excluding hydrogens is 307 g/mol. The summed E-state index contributed by atoms with van der Waals surface area (Å²) in [5.41, 5.74) is 1.91. The van der Waals surface area contributed by atoms with E-state index in [1.165, 1.54) is 6.07 Å². The second kappa shape index (κ2) is 5.62. The summed E-state index contributed by atoms with van der Waals surface area (Å²) in [7, 11) is 0. The highest BCUT2D eigenvalue weighted by Gasteiger charge is 2.10. The van der Waals surface area contributed by atoms with Gasteiger partial charge in [-0.1, -0.05) is 23.7 Å². The molecule has 1 aromatic heterocycles. The van der Waals surface area contributed by atoms with Crippen LogP contribution in [0.15, 0.2) is 41.3 Å². The van der Waals surface area contributed by atoms with Crippen LogP contribution in [0.5, 0.6) is 0 Å². The number of halogens is 2. The molecule has 0 aliphatic heterocycles. The minimum atomic E-state index is -0.291. The van der Waals surface area contributed by atoms with E-state index in [-0.39, 0.29) is 5.82 Å². The summed E-state index contributed by atoms with van der Waals surface area (Å²) < 4.78 is 13.7. The van der Waals surface area contributed by atoms with Crippen LogP contribution in [0.4, 0.5) is 4.39 Å². The number of aromatic nitrogens is 2. The van der Waals surface area contributed by atoms with Gasteiger partial charge in [0.05, 0.1) is 5.52 Å². The third-order valence-electron chi connectivity index (χ3n) is 3.28. The quantitative estimate of drug-likeness (QED) is 0.484. The van der Waals surface area contributed by atoms with Crippen molar-refractivity contribution in [2.75, 3.05) is 6.26 Å². The summed E-state index contributed by atoms with van der Waals surface area (Å²) in [6.45, 7) is 1.69. The first kappa shape index (κ1) is 14.3. The van der Waals surface area contributed by atoms with Gasteiger partial charge in [0.15, 0.2) is 5.82 Å². The van der Waals surface area contributed by atoms with Gasteiger partial charge in [0, 0.05) is 21.9 Å². The molecule has 2 aromatic carbocycles. The molecule has 0 spiro atoms. The Morgan fingerprint density at radius 2 is 1.81 bits per heavy atom. The third-order valence-corrected chi connectivity index (χ3v) is 4.31. The average Bonchev–Trinajstić information content (AvgIpc) is 2.49. The highest BCUT2D eigenvalue weighted by Crippen LogP contribution is 2.27. The Morgan fingerprint density at radius 1 is 1.10 bits per heavy atom. The monoisotopic (exact) mass is 318 g/mol. The van der Waals surface area contributed by atoms with Crippen LogP contribution in [0, 0.1) is 12.7 Å². The topological polar surface area (TPSA) is 25.8 Å². The first-order valence-electron chi connectivity index (χ1n) is 6.36. The van der Waals surface area contributed by atoms with Crippen molar-refractivity contribution >= 4 is 34.3 Å². The molecule has 3 aromatic rings. The van der Waals surface area contributed by atoms with Crippen molar-refractivity contribution in [3.05, 3.63) is 52.9 Å². The van der Waals surface area contributed by atoms with E-state index in [0.717, 1.165) is 10.5 Å². The summed E-state index contributed by atoms with van der Waals surface area (Å²) in [4.78, 5) is 9.90. The maximum absolute atomic E-state index is 13.7. The summed E-state index contributed by atoms with van der Waals surface area (Å²) in [6.07, 6.45) is 2.02. The molecule has 0 aliphatic rings. The second-order valence-corrected chi connectivity index (χ2v) is 5.92. The molecule has 0 amide bonds. The molecule has 2 nitrogen and oxygen atoms in total. The van der Waals surface area contributed by atoms with Crippen molar-refractivity contribution in [2.24, 2.45) is 0 Å². The minimum absolute atomic E-state index is 0.291. The standard InChI is InChI=1S/C16H12ClFN2S/c1-9-7-12-14(8-13(9)18)19-16(20-15(12)17)10-3-5-11(21-2)6-4-10/h3-8H,1-2H3. The lowest BCUT2D eigenvalue weighted by Gasteiger charge is -2.07. The molecular formula is C16H12ClFN2S. The van der Waals surface area contributed by atoms with Crippen molar-refractivity contribution in [1.82, 2.24) is 9.97 Å². The smallest absolute Gasteiger partial charge is 0.161 e. The minimum Gasteiger partial charge on any atom is -0.228 e. The van der Waals surface area contributed by atoms with E-state index >= 15 is 0 Å². The van der Waals surface area contributed by atoms with Gasteiger partial charge in [-0.3, -0.25) is 0 Å². The van der Waals surface area contributed by atoms with E-state index in [1.807, 2.05) is 30.5 Å². The summed E-state index contributed by atoms with van der Waals surface area (Å²) in [5.74, 6) is 0.212. The fourth-order valence-electron chi connectivity index (χ4n) is 2.09. The lowest BCUT2D eigenvalue weighted by atomic mass is 10.1. The Morgan fingerprint density at radius 3 is 2.48 bits per heavy atom. The van der Waals surface area contributed by atoms with Crippen LogP contribution in [-0.4, -0.2) is 16.2 Å². The van der Waals surface area contributed by atoms with Crippen LogP contribution in [-0.2, 0) is 0 Å². The molecule has 1 heterocycles. The number of rotatable bonds is 2. The fourth-order valence-corrected chi connectivity index (χ4v) is 2.73. The Bertz CT molecular complexity index is 819. The van der Waals surface area contributed by atoms with Crippen LogP contribution in [0.3, 0.4) is 0 Å². The van der Waals surface area contributed by atoms with Gasteiger partial charge in [-0.05, 0) is 36.9 Å². The molecule has 106 valence electrons. The van der Waals surface area contributed by atoms with Crippen LogP contribution < -0.4 is 0 Å². The summed E-state index contributed by atoms with van der Waals surface area (Å²) >= 11 is 7.88. The molecule has 0 saturated carbocycles. The van der Waals surface area contributed by atoms with Gasteiger partial charge < -0.3 is 0 Å². The maximum atomic E-state index is 13.7. The van der Waals surface area contributed by atoms with Crippen molar-refractivity contribution in [1.29, 1.82) is 0 Å². The van der Waals surface area contributed by atoms with Gasteiger partial charge in [-0.25, -0.2) is 14.4 Å². The highest BCUT2D eigenvalue weighted by molar-refractivity contribution is 7.98. The number of nitrogens with zero attached hydrogens (tertiary/aromatic N) is 2. The van der Waals surface area contributed by atoms with E-state index in [9.17, 15) is 4.39 Å². The molecule has 0 unspecified atom stereocenters. The molecule has 0 radical (unpaired) electrons. The predicted molar refractivity (Wildman–Crippen MR) is 86.5 cm³/mol. The summed E-state index contributed by atoms with van der Waals surface area (Å²) in [5, 5.41) is 1.01. The largest absolute Gasteiger partial charge is 0.228 e. The first-order chi connectivity index (χ1) is 10.1. The first-order valence-corrected chi connectivity index (χ1v) is 7.96. The van der Waals surface area contributed by atoms with Gasteiger partial charge in [-0.15, -0.1) is 11.8 Å². The lowest BCUT2D eigenvalue weighted by molar-refractivity contribution is 0.620. The zero-order valence-corrected chi connectivity index (χ0v) is 13.1. The van der Waals surface area contributed by atoms with Crippen LogP contribution >= 0.6 is 23.4 Å². The number of aryl methyl sites for hydroxylation is 1. The molecule has 0 bridgehead atoms. The number of fused-ring (bicyclic) bond motifs is 1. The molecule has 5 heteroatoms. The Hall–Kier alpha value is -1.65. The van der Waals surface area contributed by atoms with Crippen LogP contribution in [0.25, 0.3) is 22.3 Å². The fraction of sp³-hybridized carbons (Fsp3) is 0.125. The molecule has 21 heavy (non-hydrogen) atoms. The van der Waals surface area contributed by atoms with Gasteiger partial charge in [0.2, 0.25) is 0 Å². The zero-order chi connectivity index (χ0) is 15.0. The lowest BCUT2D eigenvalue weighted by Crippen LogP contribution is -1.94. The van der Waals surface area contributed by atoms with Gasteiger partial charge in [0.1, 0.15) is 11.0 Å². The van der Waals surface area contributed by atoms with E-state index in [4.69, 9.17) is 11.6 Å². The van der Waals surface area contributed by atoms with Crippen molar-refractivity contribution < 1.29 is 4.39 Å². The van der Waals surface area contributed by atoms with E-state index in [1.54, 1.807) is 24.8 Å². The maximum Gasteiger partial charge on any atom is 0.161 e. The van der Waals surface area contributed by atoms with Crippen molar-refractivity contribution in [3.63, 3.8) is 0 Å². The number of hydrogen-bond acceptors (Lipinski definition) is 3. The zero-order valence-electron chi connectivity index (χ0n) is 11.5. The molecule has 0 atom stereocenters. The van der Waals surface area contributed by atoms with Gasteiger partial charge in [0.25, 0.3) is 0 Å². The second-order valence-electron chi connectivity index (χ2n) is 4.69. The van der Waals surface area contributed by atoms with Crippen LogP contribution in [0.1, 0.15) is 5.56 Å². The van der Waals surface area contributed by atoms with E-state index in [0.29, 0.717) is 27.4 Å². The van der Waals surface area contributed by atoms with Gasteiger partial charge >= 0.3 is 0 Å². The van der Waals surface area contributed by atoms with Crippen LogP contribution in [0.2, 0.25) is 5.15 Å². The number of thioether (sulfide) groups is 1. The van der Waals surface area contributed by atoms with Crippen molar-refractivity contribution in [2.45, 2.75) is 11.8 Å². The number of hydrogen-bond donors (Lipinski definition) is 0. The summed E-state index contributed by atoms with van der Waals surface area (Å²) in [6, 6.07) is 10.9. The molecule has 0 saturated heterocycles. The molecule has 0 N–H and O–H groups in total. The van der Waals surface area contributed by atoms with Gasteiger partial charge in [-0.2, -0.15) is 0 Å². The molecule has 0 fully saturated rings.